The third kappa shape index (κ3) is 3.73. The van der Waals surface area contributed by atoms with E-state index in [1.165, 1.54) is 28.9 Å². The molecule has 3 rings (SSSR count). The molecule has 2 amide bonds. The number of nitrogens with zero attached hydrogens (tertiary/aromatic N) is 2. The van der Waals surface area contributed by atoms with E-state index < -0.39 is 0 Å². The van der Waals surface area contributed by atoms with Crippen LogP contribution in [0.3, 0.4) is 0 Å². The second-order valence-electron chi connectivity index (χ2n) is 8.13. The number of imide groups is 1. The molecule has 4 heteroatoms. The summed E-state index contributed by atoms with van der Waals surface area (Å²) in [5, 5.41) is 0. The first-order valence-electron chi connectivity index (χ1n) is 10.2. The highest BCUT2D eigenvalue weighted by Crippen LogP contribution is 2.45. The monoisotopic (exact) mass is 368 g/mol. The molecule has 1 saturated heterocycles. The van der Waals surface area contributed by atoms with Crippen LogP contribution in [0.5, 0.6) is 0 Å². The summed E-state index contributed by atoms with van der Waals surface area (Å²) in [5.74, 6) is -0.214. The van der Waals surface area contributed by atoms with Crippen molar-refractivity contribution in [2.75, 3.05) is 26.2 Å². The predicted molar refractivity (Wildman–Crippen MR) is 109 cm³/mol. The molecule has 2 heterocycles. The Morgan fingerprint density at radius 1 is 1.00 bits per heavy atom. The van der Waals surface area contributed by atoms with Gasteiger partial charge in [0.1, 0.15) is 0 Å². The van der Waals surface area contributed by atoms with Crippen molar-refractivity contribution in [2.45, 2.75) is 53.4 Å². The molecule has 0 aromatic heterocycles. The molecule has 0 N–H and O–H groups in total. The van der Waals surface area contributed by atoms with E-state index in [2.05, 4.69) is 43.1 Å². The first kappa shape index (κ1) is 19.8. The van der Waals surface area contributed by atoms with Crippen LogP contribution in [0.15, 0.2) is 46.6 Å². The minimum absolute atomic E-state index is 0.107. The molecule has 27 heavy (non-hydrogen) atoms. The zero-order valence-electron chi connectivity index (χ0n) is 17.2. The fourth-order valence-corrected chi connectivity index (χ4v) is 4.49. The number of hydrogen-bond acceptors (Lipinski definition) is 3. The Balaban J connectivity index is 1.42. The van der Waals surface area contributed by atoms with Gasteiger partial charge in [-0.3, -0.25) is 14.5 Å². The first-order valence-corrected chi connectivity index (χ1v) is 10.2. The summed E-state index contributed by atoms with van der Waals surface area (Å²) in [6, 6.07) is 0. The number of carbonyl (C=O) groups is 2. The Morgan fingerprint density at radius 2 is 1.59 bits per heavy atom. The van der Waals surface area contributed by atoms with Crippen LogP contribution < -0.4 is 0 Å². The van der Waals surface area contributed by atoms with Crippen LogP contribution >= 0.6 is 0 Å². The average molecular weight is 369 g/mol. The zero-order chi connectivity index (χ0) is 19.6. The summed E-state index contributed by atoms with van der Waals surface area (Å²) < 4.78 is 0. The highest BCUT2D eigenvalue weighted by Gasteiger charge is 2.37. The van der Waals surface area contributed by atoms with Crippen molar-refractivity contribution in [3.05, 3.63) is 46.6 Å². The molecular weight excluding hydrogens is 336 g/mol. The van der Waals surface area contributed by atoms with Crippen molar-refractivity contribution in [1.29, 1.82) is 0 Å². The van der Waals surface area contributed by atoms with Gasteiger partial charge in [0.15, 0.2) is 0 Å². The smallest absolute Gasteiger partial charge is 0.256 e. The molecule has 0 saturated carbocycles. The van der Waals surface area contributed by atoms with Crippen LogP contribution in [-0.4, -0.2) is 47.8 Å². The van der Waals surface area contributed by atoms with Gasteiger partial charge in [-0.1, -0.05) is 29.9 Å². The lowest BCUT2D eigenvalue weighted by molar-refractivity contribution is -0.137. The second-order valence-corrected chi connectivity index (χ2v) is 8.13. The maximum Gasteiger partial charge on any atom is 0.256 e. The molecule has 0 unspecified atom stereocenters. The van der Waals surface area contributed by atoms with E-state index in [0.717, 1.165) is 32.5 Å². The molecule has 0 aromatic carbocycles. The standard InChI is InChI=1S/C23H32N2O2/c1-5-8-20-9-10-23(19(20)4)11-15-24(16-12-23)13-6-7-14-25-21(26)17(2)18(3)22(25)27/h5,8-10H,6-7,11-16H2,1-4H3/b8-5-. The molecule has 3 aliphatic rings. The SMILES string of the molecule is C/C=C\C1=C(C)C2(C=C1)CCN(CCCCN1C(=O)C(C)=C(C)C1=O)CC2. The second kappa shape index (κ2) is 7.97. The Labute approximate surface area is 163 Å². The number of piperidine rings is 1. The molecule has 1 spiro atoms. The molecule has 0 radical (unpaired) electrons. The minimum Gasteiger partial charge on any atom is -0.303 e. The van der Waals surface area contributed by atoms with Gasteiger partial charge >= 0.3 is 0 Å². The fourth-order valence-electron chi connectivity index (χ4n) is 4.49. The molecular formula is C23H32N2O2. The number of unbranched alkanes of at least 4 members (excludes halogenated alkanes) is 1. The topological polar surface area (TPSA) is 40.6 Å². The van der Waals surface area contributed by atoms with E-state index in [-0.39, 0.29) is 17.2 Å². The van der Waals surface area contributed by atoms with Crippen molar-refractivity contribution < 1.29 is 9.59 Å². The lowest BCUT2D eigenvalue weighted by Crippen LogP contribution is -2.40. The number of likely N-dealkylation sites (tertiary alicyclic amines) is 1. The summed E-state index contributed by atoms with van der Waals surface area (Å²) in [6.07, 6.45) is 13.3. The van der Waals surface area contributed by atoms with Gasteiger partial charge < -0.3 is 4.90 Å². The normalized spacial score (nSPS) is 23.2. The molecule has 146 valence electrons. The van der Waals surface area contributed by atoms with Crippen LogP contribution in [0, 0.1) is 5.41 Å². The lowest BCUT2D eigenvalue weighted by Gasteiger charge is -2.39. The number of carbonyl (C=O) groups excluding carboxylic acids is 2. The van der Waals surface area contributed by atoms with Crippen LogP contribution in [0.1, 0.15) is 53.4 Å². The van der Waals surface area contributed by atoms with Gasteiger partial charge in [0, 0.05) is 23.1 Å². The summed E-state index contributed by atoms with van der Waals surface area (Å²) in [4.78, 5) is 28.1. The minimum atomic E-state index is -0.107. The van der Waals surface area contributed by atoms with E-state index in [0.29, 0.717) is 17.7 Å². The van der Waals surface area contributed by atoms with Gasteiger partial charge in [-0.25, -0.2) is 0 Å². The Kier molecular flexibility index (Phi) is 5.85. The largest absolute Gasteiger partial charge is 0.303 e. The third-order valence-corrected chi connectivity index (χ3v) is 6.66. The Hall–Kier alpha value is -1.94. The molecule has 0 bridgehead atoms. The predicted octanol–water partition coefficient (Wildman–Crippen LogP) is 4.02. The van der Waals surface area contributed by atoms with E-state index in [4.69, 9.17) is 0 Å². The van der Waals surface area contributed by atoms with Crippen molar-refractivity contribution in [1.82, 2.24) is 9.80 Å². The Bertz CT molecular complexity index is 722. The van der Waals surface area contributed by atoms with Crippen molar-refractivity contribution in [2.24, 2.45) is 5.41 Å². The van der Waals surface area contributed by atoms with Crippen LogP contribution in [0.25, 0.3) is 0 Å². The van der Waals surface area contributed by atoms with Gasteiger partial charge in [-0.15, -0.1) is 0 Å². The third-order valence-electron chi connectivity index (χ3n) is 6.66. The van der Waals surface area contributed by atoms with Gasteiger partial charge in [0.2, 0.25) is 0 Å². The van der Waals surface area contributed by atoms with Crippen molar-refractivity contribution in [3.63, 3.8) is 0 Å². The maximum absolute atomic E-state index is 12.1. The fraction of sp³-hybridized carbons (Fsp3) is 0.565. The van der Waals surface area contributed by atoms with Crippen molar-refractivity contribution in [3.8, 4) is 0 Å². The molecule has 2 aliphatic heterocycles. The highest BCUT2D eigenvalue weighted by molar-refractivity contribution is 6.18. The lowest BCUT2D eigenvalue weighted by atomic mass is 9.74. The number of amides is 2. The number of hydrogen-bond donors (Lipinski definition) is 0. The molecule has 1 fully saturated rings. The summed E-state index contributed by atoms with van der Waals surface area (Å²) in [5.41, 5.74) is 4.37. The van der Waals surface area contributed by atoms with Gasteiger partial charge in [0.05, 0.1) is 0 Å². The average Bonchev–Trinajstić information content (AvgIpc) is 3.06. The quantitative estimate of drug-likeness (QED) is 0.525. The molecule has 4 nitrogen and oxygen atoms in total. The highest BCUT2D eigenvalue weighted by atomic mass is 16.2. The van der Waals surface area contributed by atoms with Gasteiger partial charge in [-0.05, 0) is 78.6 Å². The van der Waals surface area contributed by atoms with E-state index >= 15 is 0 Å². The molecule has 0 atom stereocenters. The van der Waals surface area contributed by atoms with E-state index in [1.54, 1.807) is 13.8 Å². The maximum atomic E-state index is 12.1. The number of allylic oxidation sites excluding steroid dienone is 6. The van der Waals surface area contributed by atoms with Gasteiger partial charge in [-0.2, -0.15) is 0 Å². The molecule has 0 aromatic rings. The summed E-state index contributed by atoms with van der Waals surface area (Å²) in [6.45, 7) is 11.7. The van der Waals surface area contributed by atoms with Gasteiger partial charge in [0.25, 0.3) is 11.8 Å². The van der Waals surface area contributed by atoms with Crippen LogP contribution in [-0.2, 0) is 9.59 Å². The van der Waals surface area contributed by atoms with Crippen LogP contribution in [0.2, 0.25) is 0 Å². The van der Waals surface area contributed by atoms with E-state index in [1.807, 2.05) is 0 Å². The zero-order valence-corrected chi connectivity index (χ0v) is 17.2. The Morgan fingerprint density at radius 3 is 2.19 bits per heavy atom. The summed E-state index contributed by atoms with van der Waals surface area (Å²) >= 11 is 0. The van der Waals surface area contributed by atoms with Crippen LogP contribution in [0.4, 0.5) is 0 Å². The van der Waals surface area contributed by atoms with E-state index in [9.17, 15) is 9.59 Å². The summed E-state index contributed by atoms with van der Waals surface area (Å²) in [7, 11) is 0. The number of rotatable bonds is 6. The van der Waals surface area contributed by atoms with Crippen molar-refractivity contribution >= 4 is 11.8 Å². The first-order chi connectivity index (χ1) is 12.9. The molecule has 1 aliphatic carbocycles.